The monoisotopic (exact) mass is 448 g/mol. The number of para-hydroxylation sites is 1. The van der Waals surface area contributed by atoms with E-state index in [4.69, 9.17) is 14.2 Å². The molecule has 0 radical (unpaired) electrons. The molecule has 2 aromatic carbocycles. The Bertz CT molecular complexity index is 1130. The number of fused-ring (bicyclic) bond motifs is 1. The molecule has 0 fully saturated rings. The van der Waals surface area contributed by atoms with Crippen LogP contribution >= 0.6 is 0 Å². The molecule has 1 amide bonds. The standard InChI is InChI=1S/C26H28N2O5/c1-3-31-23-13-9-19(17-24(23)32-4-2)15-16-27-25(29)18-33-26(30)14-12-21-11-10-20-7-5-6-8-22(20)28-21/h5-14,17H,3-4,15-16,18H2,1-2H3,(H,27,29). The largest absolute Gasteiger partial charge is 0.490 e. The van der Waals surface area contributed by atoms with E-state index in [2.05, 4.69) is 10.3 Å². The average molecular weight is 449 g/mol. The molecule has 1 N–H and O–H groups in total. The van der Waals surface area contributed by atoms with Crippen LogP contribution in [0.4, 0.5) is 0 Å². The van der Waals surface area contributed by atoms with Gasteiger partial charge < -0.3 is 19.5 Å². The lowest BCUT2D eigenvalue weighted by Crippen LogP contribution is -2.30. The third-order valence-corrected chi connectivity index (χ3v) is 4.70. The van der Waals surface area contributed by atoms with E-state index in [0.717, 1.165) is 16.5 Å². The molecule has 0 aliphatic carbocycles. The molecule has 3 rings (SSSR count). The van der Waals surface area contributed by atoms with E-state index in [1.54, 1.807) is 6.08 Å². The van der Waals surface area contributed by atoms with Gasteiger partial charge in [-0.3, -0.25) is 4.79 Å². The van der Waals surface area contributed by atoms with Crippen molar-refractivity contribution in [2.75, 3.05) is 26.4 Å². The molecule has 1 aromatic heterocycles. The van der Waals surface area contributed by atoms with Crippen molar-refractivity contribution in [1.29, 1.82) is 0 Å². The second-order valence-electron chi connectivity index (χ2n) is 7.12. The van der Waals surface area contributed by atoms with Crippen LogP contribution in [0.2, 0.25) is 0 Å². The quantitative estimate of drug-likeness (QED) is 0.353. The summed E-state index contributed by atoms with van der Waals surface area (Å²) in [4.78, 5) is 28.4. The second kappa shape index (κ2) is 12.2. The van der Waals surface area contributed by atoms with Crippen LogP contribution in [-0.2, 0) is 20.7 Å². The topological polar surface area (TPSA) is 86.8 Å². The molecule has 3 aromatic rings. The van der Waals surface area contributed by atoms with Gasteiger partial charge in [0.25, 0.3) is 5.91 Å². The van der Waals surface area contributed by atoms with Crippen LogP contribution in [0.1, 0.15) is 25.1 Å². The molecule has 7 nitrogen and oxygen atoms in total. The Balaban J connectivity index is 1.42. The summed E-state index contributed by atoms with van der Waals surface area (Å²) < 4.78 is 16.2. The van der Waals surface area contributed by atoms with E-state index < -0.39 is 5.97 Å². The number of hydrogen-bond acceptors (Lipinski definition) is 6. The van der Waals surface area contributed by atoms with Gasteiger partial charge in [0, 0.05) is 18.0 Å². The van der Waals surface area contributed by atoms with Crippen LogP contribution in [0.15, 0.2) is 60.7 Å². The Labute approximate surface area is 193 Å². The highest BCUT2D eigenvalue weighted by atomic mass is 16.5. The fourth-order valence-electron chi connectivity index (χ4n) is 3.16. The summed E-state index contributed by atoms with van der Waals surface area (Å²) in [6.45, 7) is 4.99. The van der Waals surface area contributed by atoms with E-state index in [1.807, 2.05) is 68.4 Å². The molecule has 0 atom stereocenters. The highest BCUT2D eigenvalue weighted by Gasteiger charge is 2.08. The number of aromatic nitrogens is 1. The Kier molecular flexibility index (Phi) is 8.82. The summed E-state index contributed by atoms with van der Waals surface area (Å²) in [7, 11) is 0. The van der Waals surface area contributed by atoms with Gasteiger partial charge in [0.15, 0.2) is 18.1 Å². The first-order chi connectivity index (χ1) is 16.1. The van der Waals surface area contributed by atoms with E-state index in [-0.39, 0.29) is 12.5 Å². The third-order valence-electron chi connectivity index (χ3n) is 4.70. The molecule has 172 valence electrons. The lowest BCUT2D eigenvalue weighted by atomic mass is 10.1. The van der Waals surface area contributed by atoms with Crippen molar-refractivity contribution < 1.29 is 23.8 Å². The molecule has 0 saturated heterocycles. The first-order valence-corrected chi connectivity index (χ1v) is 10.9. The van der Waals surface area contributed by atoms with E-state index >= 15 is 0 Å². The number of ether oxygens (including phenoxy) is 3. The molecule has 7 heteroatoms. The first kappa shape index (κ1) is 23.8. The van der Waals surface area contributed by atoms with Crippen molar-refractivity contribution in [2.45, 2.75) is 20.3 Å². The van der Waals surface area contributed by atoms with Crippen molar-refractivity contribution in [3.05, 3.63) is 71.9 Å². The van der Waals surface area contributed by atoms with Crippen molar-refractivity contribution >= 4 is 28.9 Å². The summed E-state index contributed by atoms with van der Waals surface area (Å²) in [5.41, 5.74) is 2.48. The zero-order chi connectivity index (χ0) is 23.5. The predicted molar refractivity (Wildman–Crippen MR) is 127 cm³/mol. The second-order valence-corrected chi connectivity index (χ2v) is 7.12. The maximum atomic E-state index is 12.0. The summed E-state index contributed by atoms with van der Waals surface area (Å²) >= 11 is 0. The van der Waals surface area contributed by atoms with Gasteiger partial charge in [-0.1, -0.05) is 30.3 Å². The molecule has 0 bridgehead atoms. The molecule has 0 saturated carbocycles. The highest BCUT2D eigenvalue weighted by Crippen LogP contribution is 2.28. The van der Waals surface area contributed by atoms with Gasteiger partial charge in [-0.25, -0.2) is 9.78 Å². The molecule has 0 aliphatic heterocycles. The predicted octanol–water partition coefficient (Wildman–Crippen LogP) is 3.95. The van der Waals surface area contributed by atoms with Gasteiger partial charge in [0.2, 0.25) is 0 Å². The van der Waals surface area contributed by atoms with Crippen LogP contribution in [-0.4, -0.2) is 43.2 Å². The number of nitrogens with zero attached hydrogens (tertiary/aromatic N) is 1. The Morgan fingerprint density at radius 3 is 2.58 bits per heavy atom. The molecule has 0 spiro atoms. The maximum Gasteiger partial charge on any atom is 0.331 e. The number of benzene rings is 2. The Hall–Kier alpha value is -3.87. The van der Waals surface area contributed by atoms with Crippen molar-refractivity contribution in [1.82, 2.24) is 10.3 Å². The molecule has 0 unspecified atom stereocenters. The summed E-state index contributed by atoms with van der Waals surface area (Å²) in [6.07, 6.45) is 3.44. The zero-order valence-electron chi connectivity index (χ0n) is 18.9. The van der Waals surface area contributed by atoms with Gasteiger partial charge in [0.1, 0.15) is 0 Å². The van der Waals surface area contributed by atoms with Gasteiger partial charge >= 0.3 is 5.97 Å². The van der Waals surface area contributed by atoms with Gasteiger partial charge in [-0.05, 0) is 56.2 Å². The van der Waals surface area contributed by atoms with Crippen molar-refractivity contribution in [2.24, 2.45) is 0 Å². The number of nitrogens with one attached hydrogen (secondary N) is 1. The van der Waals surface area contributed by atoms with E-state index in [9.17, 15) is 9.59 Å². The van der Waals surface area contributed by atoms with Crippen LogP contribution in [0, 0.1) is 0 Å². The number of rotatable bonds is 11. The number of hydrogen-bond donors (Lipinski definition) is 1. The average Bonchev–Trinajstić information content (AvgIpc) is 2.83. The van der Waals surface area contributed by atoms with Crippen LogP contribution < -0.4 is 14.8 Å². The first-order valence-electron chi connectivity index (χ1n) is 10.9. The fraction of sp³-hybridized carbons (Fsp3) is 0.269. The minimum Gasteiger partial charge on any atom is -0.490 e. The summed E-state index contributed by atoms with van der Waals surface area (Å²) in [6, 6.07) is 17.2. The Morgan fingerprint density at radius 1 is 0.970 bits per heavy atom. The molecular weight excluding hydrogens is 420 g/mol. The normalized spacial score (nSPS) is 10.8. The smallest absolute Gasteiger partial charge is 0.331 e. The van der Waals surface area contributed by atoms with E-state index in [1.165, 1.54) is 6.08 Å². The molecule has 1 heterocycles. The molecular formula is C26H28N2O5. The number of esters is 1. The zero-order valence-corrected chi connectivity index (χ0v) is 18.9. The van der Waals surface area contributed by atoms with Crippen molar-refractivity contribution in [3.63, 3.8) is 0 Å². The molecule has 33 heavy (non-hydrogen) atoms. The van der Waals surface area contributed by atoms with Gasteiger partial charge in [0.05, 0.1) is 24.4 Å². The minimum absolute atomic E-state index is 0.345. The SMILES string of the molecule is CCOc1ccc(CCNC(=O)COC(=O)C=Cc2ccc3ccccc3n2)cc1OCC. The van der Waals surface area contributed by atoms with Gasteiger partial charge in [-0.15, -0.1) is 0 Å². The van der Waals surface area contributed by atoms with E-state index in [0.29, 0.717) is 43.4 Å². The number of pyridine rings is 1. The fourth-order valence-corrected chi connectivity index (χ4v) is 3.16. The van der Waals surface area contributed by atoms with Crippen LogP contribution in [0.3, 0.4) is 0 Å². The number of amides is 1. The Morgan fingerprint density at radius 2 is 1.76 bits per heavy atom. The number of carbonyl (C=O) groups excluding carboxylic acids is 2. The summed E-state index contributed by atoms with van der Waals surface area (Å²) in [5.74, 6) is 0.417. The van der Waals surface area contributed by atoms with Crippen molar-refractivity contribution in [3.8, 4) is 11.5 Å². The summed E-state index contributed by atoms with van der Waals surface area (Å²) in [5, 5.41) is 3.77. The minimum atomic E-state index is -0.604. The van der Waals surface area contributed by atoms with Gasteiger partial charge in [-0.2, -0.15) is 0 Å². The third kappa shape index (κ3) is 7.35. The van der Waals surface area contributed by atoms with Crippen LogP contribution in [0.25, 0.3) is 17.0 Å². The molecule has 0 aliphatic rings. The lowest BCUT2D eigenvalue weighted by molar-refractivity contribution is -0.143. The number of carbonyl (C=O) groups is 2. The lowest BCUT2D eigenvalue weighted by Gasteiger charge is -2.12. The maximum absolute atomic E-state index is 12.0. The highest BCUT2D eigenvalue weighted by molar-refractivity contribution is 5.89. The van der Waals surface area contributed by atoms with Crippen LogP contribution in [0.5, 0.6) is 11.5 Å².